The van der Waals surface area contributed by atoms with E-state index in [2.05, 4.69) is 10.3 Å². The van der Waals surface area contributed by atoms with E-state index in [0.717, 1.165) is 30.4 Å². The summed E-state index contributed by atoms with van der Waals surface area (Å²) < 4.78 is 13.5. The van der Waals surface area contributed by atoms with Gasteiger partial charge in [0.25, 0.3) is 0 Å². The van der Waals surface area contributed by atoms with Crippen molar-refractivity contribution in [1.82, 2.24) is 4.98 Å². The number of benzene rings is 1. The topological polar surface area (TPSA) is 68.0 Å². The van der Waals surface area contributed by atoms with Crippen LogP contribution in [0.3, 0.4) is 0 Å². The second kappa shape index (κ2) is 5.93. The summed E-state index contributed by atoms with van der Waals surface area (Å²) in [4.78, 5) is 15.3. The maximum Gasteiger partial charge on any atom is 0.250 e. The highest BCUT2D eigenvalue weighted by atomic mass is 35.5. The molecule has 1 aromatic carbocycles. The van der Waals surface area contributed by atoms with E-state index in [-0.39, 0.29) is 17.4 Å². The molecule has 1 amide bonds. The summed E-state index contributed by atoms with van der Waals surface area (Å²) >= 11 is 6.14. The van der Waals surface area contributed by atoms with Gasteiger partial charge >= 0.3 is 0 Å². The number of nitrogens with one attached hydrogen (secondary N) is 1. The van der Waals surface area contributed by atoms with Gasteiger partial charge in [-0.3, -0.25) is 4.79 Å². The minimum absolute atomic E-state index is 0.0520. The first-order valence-corrected chi connectivity index (χ1v) is 7.42. The molecule has 0 saturated carbocycles. The molecule has 22 heavy (non-hydrogen) atoms. The number of nitrogens with two attached hydrogens (primary N) is 1. The van der Waals surface area contributed by atoms with Crippen molar-refractivity contribution >= 4 is 23.3 Å². The molecule has 0 spiro atoms. The normalized spacial score (nSPS) is 16.9. The summed E-state index contributed by atoms with van der Waals surface area (Å²) in [6.45, 7) is 0. The Hall–Kier alpha value is -2.14. The fraction of sp³-hybridized carbons (Fsp3) is 0.250. The van der Waals surface area contributed by atoms with Crippen LogP contribution in [-0.2, 0) is 6.42 Å². The molecule has 2 aromatic rings. The number of rotatable bonds is 3. The first kappa shape index (κ1) is 14.8. The van der Waals surface area contributed by atoms with Gasteiger partial charge in [-0.1, -0.05) is 17.7 Å². The van der Waals surface area contributed by atoms with E-state index < -0.39 is 5.91 Å². The second-order valence-corrected chi connectivity index (χ2v) is 5.76. The van der Waals surface area contributed by atoms with E-state index in [0.29, 0.717) is 10.8 Å². The number of anilines is 1. The van der Waals surface area contributed by atoms with E-state index in [1.54, 1.807) is 6.07 Å². The van der Waals surface area contributed by atoms with Crippen LogP contribution < -0.4 is 11.1 Å². The minimum Gasteiger partial charge on any atom is -0.366 e. The van der Waals surface area contributed by atoms with Crippen molar-refractivity contribution in [3.63, 3.8) is 0 Å². The molecule has 1 aliphatic carbocycles. The number of halogens is 2. The number of pyridine rings is 1. The van der Waals surface area contributed by atoms with Gasteiger partial charge in [0.1, 0.15) is 11.6 Å². The molecule has 0 bridgehead atoms. The minimum atomic E-state index is -0.578. The van der Waals surface area contributed by atoms with Crippen LogP contribution in [-0.4, -0.2) is 10.9 Å². The predicted octanol–water partition coefficient (Wildman–Crippen LogP) is 3.46. The van der Waals surface area contributed by atoms with Crippen molar-refractivity contribution in [1.29, 1.82) is 0 Å². The van der Waals surface area contributed by atoms with Crippen LogP contribution in [0, 0.1) is 5.82 Å². The van der Waals surface area contributed by atoms with Gasteiger partial charge in [-0.05, 0) is 48.6 Å². The number of primary amides is 1. The molecule has 0 saturated heterocycles. The molecule has 1 heterocycles. The first-order valence-electron chi connectivity index (χ1n) is 7.05. The SMILES string of the molecule is NC(=O)c1cnc(NC2CCCc3ccc(F)cc32)c(Cl)c1. The van der Waals surface area contributed by atoms with Gasteiger partial charge in [0, 0.05) is 6.20 Å². The lowest BCUT2D eigenvalue weighted by molar-refractivity contribution is 0.1000. The highest BCUT2D eigenvalue weighted by Gasteiger charge is 2.22. The lowest BCUT2D eigenvalue weighted by atomic mass is 9.87. The zero-order chi connectivity index (χ0) is 15.7. The van der Waals surface area contributed by atoms with Crippen LogP contribution in [0.15, 0.2) is 30.5 Å². The largest absolute Gasteiger partial charge is 0.366 e. The van der Waals surface area contributed by atoms with Crippen LogP contribution in [0.4, 0.5) is 10.2 Å². The number of amides is 1. The van der Waals surface area contributed by atoms with Gasteiger partial charge in [0.2, 0.25) is 5.91 Å². The third kappa shape index (κ3) is 2.90. The summed E-state index contributed by atoms with van der Waals surface area (Å²) in [5.41, 5.74) is 7.52. The second-order valence-electron chi connectivity index (χ2n) is 5.35. The fourth-order valence-electron chi connectivity index (χ4n) is 2.76. The predicted molar refractivity (Wildman–Crippen MR) is 83.5 cm³/mol. The monoisotopic (exact) mass is 319 g/mol. The quantitative estimate of drug-likeness (QED) is 0.910. The highest BCUT2D eigenvalue weighted by Crippen LogP contribution is 2.34. The molecule has 3 N–H and O–H groups in total. The van der Waals surface area contributed by atoms with Crippen molar-refractivity contribution in [2.75, 3.05) is 5.32 Å². The lowest BCUT2D eigenvalue weighted by Gasteiger charge is -2.27. The number of hydrogen-bond acceptors (Lipinski definition) is 3. The average Bonchev–Trinajstić information content (AvgIpc) is 2.49. The van der Waals surface area contributed by atoms with E-state index in [9.17, 15) is 9.18 Å². The van der Waals surface area contributed by atoms with Crippen LogP contribution >= 0.6 is 11.6 Å². The Kier molecular flexibility index (Phi) is 3.98. The fourth-order valence-corrected chi connectivity index (χ4v) is 2.98. The van der Waals surface area contributed by atoms with Gasteiger partial charge in [0.05, 0.1) is 16.6 Å². The van der Waals surface area contributed by atoms with Gasteiger partial charge in [-0.15, -0.1) is 0 Å². The summed E-state index contributed by atoms with van der Waals surface area (Å²) in [6.07, 6.45) is 4.20. The van der Waals surface area contributed by atoms with E-state index in [1.807, 2.05) is 6.07 Å². The zero-order valence-electron chi connectivity index (χ0n) is 11.8. The highest BCUT2D eigenvalue weighted by molar-refractivity contribution is 6.33. The van der Waals surface area contributed by atoms with E-state index >= 15 is 0 Å². The van der Waals surface area contributed by atoms with Crippen molar-refractivity contribution in [2.24, 2.45) is 5.73 Å². The smallest absolute Gasteiger partial charge is 0.250 e. The molecule has 0 fully saturated rings. The average molecular weight is 320 g/mol. The molecule has 0 aliphatic heterocycles. The molecule has 1 unspecified atom stereocenters. The third-order valence-electron chi connectivity index (χ3n) is 3.86. The molecular weight excluding hydrogens is 305 g/mol. The Labute approximate surface area is 132 Å². The Balaban J connectivity index is 1.89. The molecule has 0 radical (unpaired) electrons. The van der Waals surface area contributed by atoms with Crippen molar-refractivity contribution in [2.45, 2.75) is 25.3 Å². The van der Waals surface area contributed by atoms with E-state index in [4.69, 9.17) is 17.3 Å². The molecule has 6 heteroatoms. The molecule has 4 nitrogen and oxygen atoms in total. The Bertz CT molecular complexity index is 735. The zero-order valence-corrected chi connectivity index (χ0v) is 12.5. The van der Waals surface area contributed by atoms with Crippen molar-refractivity contribution in [3.8, 4) is 0 Å². The maximum atomic E-state index is 13.5. The van der Waals surface area contributed by atoms with Crippen LogP contribution in [0.1, 0.15) is 40.4 Å². The molecule has 3 rings (SSSR count). The van der Waals surface area contributed by atoms with Crippen LogP contribution in [0.5, 0.6) is 0 Å². The standard InChI is InChI=1S/C16H15ClFN3O/c17-13-6-10(15(19)22)8-20-16(13)21-14-3-1-2-9-4-5-11(18)7-12(9)14/h4-8,14H,1-3H2,(H2,19,22)(H,20,21). The Morgan fingerprint density at radius 1 is 1.41 bits per heavy atom. The van der Waals surface area contributed by atoms with Gasteiger partial charge in [0.15, 0.2) is 0 Å². The molecule has 114 valence electrons. The van der Waals surface area contributed by atoms with Crippen molar-refractivity contribution in [3.05, 3.63) is 58.0 Å². The maximum absolute atomic E-state index is 13.5. The van der Waals surface area contributed by atoms with Gasteiger partial charge < -0.3 is 11.1 Å². The van der Waals surface area contributed by atoms with Gasteiger partial charge in [-0.2, -0.15) is 0 Å². The van der Waals surface area contributed by atoms with Crippen molar-refractivity contribution < 1.29 is 9.18 Å². The molecule has 1 atom stereocenters. The van der Waals surface area contributed by atoms with Crippen LogP contribution in [0.2, 0.25) is 5.02 Å². The lowest BCUT2D eigenvalue weighted by Crippen LogP contribution is -2.19. The Morgan fingerprint density at radius 2 is 2.23 bits per heavy atom. The van der Waals surface area contributed by atoms with E-state index in [1.165, 1.54) is 18.3 Å². The van der Waals surface area contributed by atoms with Gasteiger partial charge in [-0.25, -0.2) is 9.37 Å². The molecule has 1 aromatic heterocycles. The number of carbonyl (C=O) groups is 1. The summed E-state index contributed by atoms with van der Waals surface area (Å²) in [5.74, 6) is -0.365. The molecular formula is C16H15ClFN3O. The summed E-state index contributed by atoms with van der Waals surface area (Å²) in [7, 11) is 0. The summed E-state index contributed by atoms with van der Waals surface area (Å²) in [6, 6.07) is 6.29. The summed E-state index contributed by atoms with van der Waals surface area (Å²) in [5, 5.41) is 3.56. The third-order valence-corrected chi connectivity index (χ3v) is 4.15. The number of carbonyl (C=O) groups excluding carboxylic acids is 1. The number of nitrogens with zero attached hydrogens (tertiary/aromatic N) is 1. The number of aryl methyl sites for hydroxylation is 1. The first-order chi connectivity index (χ1) is 10.5. The number of fused-ring (bicyclic) bond motifs is 1. The number of hydrogen-bond donors (Lipinski definition) is 2. The molecule has 1 aliphatic rings. The van der Waals surface area contributed by atoms with Crippen LogP contribution in [0.25, 0.3) is 0 Å². The Morgan fingerprint density at radius 3 is 2.95 bits per heavy atom. The number of aromatic nitrogens is 1.